The minimum Gasteiger partial charge on any atom is -0.461 e. The van der Waals surface area contributed by atoms with Crippen LogP contribution in [0, 0.1) is 0 Å². The summed E-state index contributed by atoms with van der Waals surface area (Å²) < 4.78 is 10.2. The molecule has 2 atom stereocenters. The van der Waals surface area contributed by atoms with Crippen molar-refractivity contribution in [1.82, 2.24) is 5.32 Å². The summed E-state index contributed by atoms with van der Waals surface area (Å²) in [7, 11) is 1.42. The molecule has 8 nitrogen and oxygen atoms in total. The average molecular weight is 359 g/mol. The molecule has 1 amide bonds. The third-order valence-corrected chi connectivity index (χ3v) is 3.64. The van der Waals surface area contributed by atoms with Crippen LogP contribution >= 0.6 is 11.8 Å². The Morgan fingerprint density at radius 2 is 1.96 bits per heavy atom. The number of rotatable bonds is 12. The lowest BCUT2D eigenvalue weighted by Gasteiger charge is -2.21. The van der Waals surface area contributed by atoms with Crippen molar-refractivity contribution in [3.05, 3.63) is 5.53 Å². The Hall–Kier alpha value is -1.70. The van der Waals surface area contributed by atoms with Crippen molar-refractivity contribution in [2.75, 3.05) is 19.1 Å². The van der Waals surface area contributed by atoms with Gasteiger partial charge in [-0.25, -0.2) is 4.79 Å². The van der Waals surface area contributed by atoms with E-state index in [1.807, 2.05) is 6.26 Å². The van der Waals surface area contributed by atoms with Gasteiger partial charge in [-0.1, -0.05) is 0 Å². The van der Waals surface area contributed by atoms with Gasteiger partial charge in [0, 0.05) is 13.5 Å². The van der Waals surface area contributed by atoms with Gasteiger partial charge >= 0.3 is 12.2 Å². The molecule has 0 bridgehead atoms. The Kier molecular flexibility index (Phi) is 11.8. The highest BCUT2D eigenvalue weighted by Crippen LogP contribution is 2.07. The van der Waals surface area contributed by atoms with E-state index < -0.39 is 29.8 Å². The molecule has 1 N–H and O–H groups in total. The van der Waals surface area contributed by atoms with Crippen LogP contribution < -0.4 is 5.32 Å². The Labute approximate surface area is 146 Å². The van der Waals surface area contributed by atoms with Crippen LogP contribution in [-0.2, 0) is 23.9 Å². The van der Waals surface area contributed by atoms with Crippen LogP contribution in [0.3, 0.4) is 0 Å². The van der Waals surface area contributed by atoms with E-state index in [1.54, 1.807) is 25.6 Å². The molecule has 0 saturated heterocycles. The van der Waals surface area contributed by atoms with E-state index in [0.29, 0.717) is 6.42 Å². The van der Waals surface area contributed by atoms with Crippen LogP contribution in [0.5, 0.6) is 0 Å². The van der Waals surface area contributed by atoms with Gasteiger partial charge in [-0.05, 0) is 38.7 Å². The van der Waals surface area contributed by atoms with Crippen molar-refractivity contribution in [3.8, 4) is 0 Å². The van der Waals surface area contributed by atoms with Crippen molar-refractivity contribution in [2.45, 2.75) is 51.4 Å². The zero-order valence-corrected chi connectivity index (χ0v) is 15.3. The van der Waals surface area contributed by atoms with Gasteiger partial charge in [-0.2, -0.15) is 16.6 Å². The molecule has 0 saturated carbocycles. The van der Waals surface area contributed by atoms with E-state index in [2.05, 4.69) is 10.1 Å². The van der Waals surface area contributed by atoms with Gasteiger partial charge in [-0.15, -0.1) is 0 Å². The van der Waals surface area contributed by atoms with E-state index >= 15 is 0 Å². The third kappa shape index (κ3) is 9.44. The number of nitrogens with zero attached hydrogens (tertiary/aromatic N) is 2. The first-order valence-electron chi connectivity index (χ1n) is 7.58. The highest BCUT2D eigenvalue weighted by atomic mass is 32.2. The Balaban J connectivity index is 4.89. The number of hydrogen-bond acceptors (Lipinski definition) is 6. The molecular weight excluding hydrogens is 334 g/mol. The maximum Gasteiger partial charge on any atom is 0.328 e. The predicted octanol–water partition coefficient (Wildman–Crippen LogP) is 0.841. The van der Waals surface area contributed by atoms with Gasteiger partial charge in [0.05, 0.1) is 6.10 Å². The second kappa shape index (κ2) is 12.7. The van der Waals surface area contributed by atoms with Crippen molar-refractivity contribution in [1.29, 1.82) is 0 Å². The van der Waals surface area contributed by atoms with E-state index in [9.17, 15) is 14.4 Å². The molecule has 0 rings (SSSR count). The number of ketones is 1. The van der Waals surface area contributed by atoms with Crippen LogP contribution in [0.25, 0.3) is 5.53 Å². The Bertz CT molecular complexity index is 478. The molecule has 0 spiro atoms. The molecule has 0 aliphatic carbocycles. The molecule has 24 heavy (non-hydrogen) atoms. The maximum atomic E-state index is 12.2. The van der Waals surface area contributed by atoms with Crippen LogP contribution in [0.2, 0.25) is 0 Å². The first-order chi connectivity index (χ1) is 11.3. The molecule has 0 aromatic heterocycles. The zero-order valence-electron chi connectivity index (χ0n) is 14.5. The van der Waals surface area contributed by atoms with Crippen molar-refractivity contribution in [2.24, 2.45) is 0 Å². The molecule has 0 heterocycles. The molecule has 0 radical (unpaired) electrons. The Morgan fingerprint density at radius 3 is 2.46 bits per heavy atom. The fourth-order valence-corrected chi connectivity index (χ4v) is 2.27. The Morgan fingerprint density at radius 1 is 1.29 bits per heavy atom. The van der Waals surface area contributed by atoms with Gasteiger partial charge in [0.25, 0.3) is 0 Å². The first-order valence-corrected chi connectivity index (χ1v) is 8.97. The molecule has 0 aromatic carbocycles. The normalized spacial score (nSPS) is 12.9. The lowest BCUT2D eigenvalue weighted by molar-refractivity contribution is -0.152. The molecule has 0 aliphatic heterocycles. The fraction of sp³-hybridized carbons (Fsp3) is 0.733. The number of carbonyl (C=O) groups is 3. The van der Waals surface area contributed by atoms with Gasteiger partial charge in [0.15, 0.2) is 0 Å². The maximum absolute atomic E-state index is 12.2. The number of carbonyl (C=O) groups excluding carboxylic acids is 3. The van der Waals surface area contributed by atoms with Gasteiger partial charge < -0.3 is 20.3 Å². The zero-order chi connectivity index (χ0) is 18.5. The van der Waals surface area contributed by atoms with E-state index in [4.69, 9.17) is 15.0 Å². The summed E-state index contributed by atoms with van der Waals surface area (Å²) in [5, 5.41) is 2.57. The number of esters is 1. The molecule has 1 unspecified atom stereocenters. The number of nitrogens with one attached hydrogen (secondary N) is 1. The average Bonchev–Trinajstić information content (AvgIpc) is 2.51. The second-order valence-corrected chi connectivity index (χ2v) is 6.29. The van der Waals surface area contributed by atoms with Crippen LogP contribution in [0.4, 0.5) is 0 Å². The number of thioether (sulfide) groups is 1. The summed E-state index contributed by atoms with van der Waals surface area (Å²) >= 11 is 1.58. The minimum atomic E-state index is -0.970. The third-order valence-electron chi connectivity index (χ3n) is 3.00. The van der Waals surface area contributed by atoms with Crippen LogP contribution in [-0.4, -0.2) is 66.0 Å². The predicted molar refractivity (Wildman–Crippen MR) is 90.9 cm³/mol. The standard InChI is InChI=1S/C15H25N3O5S/c1-10(2)23-15(21)12(6-5-11(19)9-17-16)18-14(20)13(22-3)7-8-24-4/h9-10,12-13H,5-8H2,1-4H3,(H,18,20)/t12?,13-/m0/s1. The summed E-state index contributed by atoms with van der Waals surface area (Å²) in [5.74, 6) is -0.773. The van der Waals surface area contributed by atoms with Crippen molar-refractivity contribution >= 4 is 35.6 Å². The molecule has 0 fully saturated rings. The lowest BCUT2D eigenvalue weighted by Crippen LogP contribution is -2.47. The number of methoxy groups -OCH3 is 1. The number of hydrogen-bond donors (Lipinski definition) is 1. The van der Waals surface area contributed by atoms with E-state index in [0.717, 1.165) is 12.0 Å². The molecule has 136 valence electrons. The van der Waals surface area contributed by atoms with Gasteiger partial charge in [-0.3, -0.25) is 9.59 Å². The van der Waals surface area contributed by atoms with E-state index in [-0.39, 0.29) is 18.9 Å². The minimum absolute atomic E-state index is 0.0428. The highest BCUT2D eigenvalue weighted by molar-refractivity contribution is 7.98. The summed E-state index contributed by atoms with van der Waals surface area (Å²) in [4.78, 5) is 38.4. The largest absolute Gasteiger partial charge is 0.461 e. The number of amides is 1. The quantitative estimate of drug-likeness (QED) is 0.239. The molecule has 9 heteroatoms. The topological polar surface area (TPSA) is 118 Å². The number of ether oxygens (including phenoxy) is 2. The SMILES string of the molecule is CO[C@@H](CCSC)C(=O)NC(CCC(=O)C=[N+]=[N-])C(=O)OC(C)C. The summed E-state index contributed by atoms with van der Waals surface area (Å²) in [6, 6.07) is -0.970. The summed E-state index contributed by atoms with van der Waals surface area (Å²) in [6.07, 6.45) is 2.13. The van der Waals surface area contributed by atoms with Crippen molar-refractivity contribution < 1.29 is 28.6 Å². The molecule has 0 aromatic rings. The fourth-order valence-electron chi connectivity index (χ4n) is 1.82. The van der Waals surface area contributed by atoms with Crippen LogP contribution in [0.15, 0.2) is 0 Å². The van der Waals surface area contributed by atoms with Crippen molar-refractivity contribution in [3.63, 3.8) is 0 Å². The second-order valence-electron chi connectivity index (χ2n) is 5.30. The first kappa shape index (κ1) is 22.3. The highest BCUT2D eigenvalue weighted by Gasteiger charge is 2.27. The van der Waals surface area contributed by atoms with E-state index in [1.165, 1.54) is 7.11 Å². The number of Topliss-reactive ketones (excluding diaryl/α,β-unsaturated/α-hetero) is 1. The molecule has 0 aliphatic rings. The monoisotopic (exact) mass is 359 g/mol. The summed E-state index contributed by atoms with van der Waals surface area (Å²) in [6.45, 7) is 3.38. The van der Waals surface area contributed by atoms with Gasteiger partial charge in [0.1, 0.15) is 12.1 Å². The molecular formula is C15H25N3O5S. The summed E-state index contributed by atoms with van der Waals surface area (Å²) in [5.41, 5.74) is 8.33. The smallest absolute Gasteiger partial charge is 0.328 e. The van der Waals surface area contributed by atoms with Crippen LogP contribution in [0.1, 0.15) is 33.1 Å². The lowest BCUT2D eigenvalue weighted by atomic mass is 10.1. The van der Waals surface area contributed by atoms with Gasteiger partial charge in [0.2, 0.25) is 11.7 Å².